The number of carbonyl (C=O) groups excluding carboxylic acids is 2. The van der Waals surface area contributed by atoms with Gasteiger partial charge in [0.05, 0.1) is 4.91 Å². The molecule has 0 atom stereocenters. The maximum atomic E-state index is 13.4. The number of aryl methyl sites for hydroxylation is 1. The molecule has 1 aromatic rings. The zero-order valence-electron chi connectivity index (χ0n) is 19.7. The molecule has 11 heteroatoms. The Hall–Kier alpha value is -3.15. The van der Waals surface area contributed by atoms with Gasteiger partial charge in [-0.1, -0.05) is 6.08 Å². The average molecular weight is 507 g/mol. The number of ether oxygens (including phenoxy) is 3. The van der Waals surface area contributed by atoms with Crippen LogP contribution < -0.4 is 15.5 Å². The molecule has 1 heterocycles. The van der Waals surface area contributed by atoms with Crippen molar-refractivity contribution < 1.29 is 37.4 Å². The molecule has 3 N–H and O–H groups in total. The predicted octanol–water partition coefficient (Wildman–Crippen LogP) is 2.55. The molecule has 35 heavy (non-hydrogen) atoms. The summed E-state index contributed by atoms with van der Waals surface area (Å²) in [5, 5.41) is 11.9. The minimum Gasteiger partial charge on any atom is -0.490 e. The Morgan fingerprint density at radius 3 is 2.49 bits per heavy atom. The van der Waals surface area contributed by atoms with E-state index in [0.29, 0.717) is 17.2 Å². The molecule has 190 valence electrons. The smallest absolute Gasteiger partial charge is 0.265 e. The van der Waals surface area contributed by atoms with Gasteiger partial charge in [0, 0.05) is 31.9 Å². The standard InChI is InChI=1S/C24H30N2O8S/c1-17-14-19(25-18(2)27)16-21(15-17)34-13-12-33-20-4-3-5-22(7-6-20)35(30,31)24(23(28)26-29)8-10-32-11-9-24/h4-7,14-16,29H,3,8-13H2,1-2H3,(H,25,27)(H,26,28). The summed E-state index contributed by atoms with van der Waals surface area (Å²) in [5.74, 6) is -0.0852. The number of rotatable bonds is 9. The van der Waals surface area contributed by atoms with E-state index in [9.17, 15) is 23.2 Å². The number of nitrogens with one attached hydrogen (secondary N) is 2. The van der Waals surface area contributed by atoms with Gasteiger partial charge in [0.15, 0.2) is 14.6 Å². The summed E-state index contributed by atoms with van der Waals surface area (Å²) in [6, 6.07) is 5.39. The molecule has 0 aromatic heterocycles. The summed E-state index contributed by atoms with van der Waals surface area (Å²) in [5.41, 5.74) is 3.08. The first-order chi connectivity index (χ1) is 16.7. The number of anilines is 1. The summed E-state index contributed by atoms with van der Waals surface area (Å²) < 4.78 is 41.7. The lowest BCUT2D eigenvalue weighted by Gasteiger charge is -2.34. The van der Waals surface area contributed by atoms with E-state index in [-0.39, 0.29) is 56.5 Å². The topological polar surface area (TPSA) is 140 Å². The van der Waals surface area contributed by atoms with Crippen LogP contribution in [0.1, 0.15) is 31.7 Å². The van der Waals surface area contributed by atoms with Gasteiger partial charge in [0.1, 0.15) is 24.7 Å². The lowest BCUT2D eigenvalue weighted by atomic mass is 9.98. The molecule has 3 rings (SSSR count). The number of allylic oxidation sites excluding steroid dienone is 4. The Morgan fingerprint density at radius 1 is 1.09 bits per heavy atom. The summed E-state index contributed by atoms with van der Waals surface area (Å²) in [7, 11) is -4.10. The van der Waals surface area contributed by atoms with E-state index >= 15 is 0 Å². The van der Waals surface area contributed by atoms with Crippen molar-refractivity contribution in [2.45, 2.75) is 37.9 Å². The Bertz CT molecular complexity index is 1150. The third-order valence-corrected chi connectivity index (χ3v) is 8.23. The average Bonchev–Trinajstić information content (AvgIpc) is 3.07. The van der Waals surface area contributed by atoms with Crippen LogP contribution in [0.15, 0.2) is 53.2 Å². The predicted molar refractivity (Wildman–Crippen MR) is 128 cm³/mol. The molecule has 0 bridgehead atoms. The lowest BCUT2D eigenvalue weighted by Crippen LogP contribution is -2.55. The molecule has 0 radical (unpaired) electrons. The molecule has 0 spiro atoms. The minimum absolute atomic E-state index is 0.0145. The molecule has 0 saturated carbocycles. The lowest BCUT2D eigenvalue weighted by molar-refractivity contribution is -0.134. The molecule has 0 unspecified atom stereocenters. The molecule has 1 fully saturated rings. The first-order valence-electron chi connectivity index (χ1n) is 11.2. The van der Waals surface area contributed by atoms with Crippen LogP contribution in [-0.4, -0.2) is 56.6 Å². The van der Waals surface area contributed by atoms with Crippen molar-refractivity contribution in [3.8, 4) is 5.75 Å². The zero-order chi connectivity index (χ0) is 25.5. The summed E-state index contributed by atoms with van der Waals surface area (Å²) >= 11 is 0. The zero-order valence-corrected chi connectivity index (χ0v) is 20.5. The highest BCUT2D eigenvalue weighted by Crippen LogP contribution is 2.36. The number of hydroxylamine groups is 1. The molecule has 1 aromatic carbocycles. The molecular formula is C24H30N2O8S. The van der Waals surface area contributed by atoms with E-state index in [1.165, 1.54) is 30.6 Å². The van der Waals surface area contributed by atoms with Crippen LogP contribution >= 0.6 is 0 Å². The van der Waals surface area contributed by atoms with Crippen LogP contribution in [0.5, 0.6) is 5.75 Å². The highest BCUT2D eigenvalue weighted by Gasteiger charge is 2.52. The second kappa shape index (κ2) is 11.5. The second-order valence-corrected chi connectivity index (χ2v) is 10.5. The SMILES string of the molecule is CC(=O)Nc1cc(C)cc(OCCOC2=CCC=C(S(=O)(=O)C3(C(=O)NO)CCOCC3)C=C2)c1. The van der Waals surface area contributed by atoms with Crippen molar-refractivity contribution in [2.75, 3.05) is 31.7 Å². The number of carbonyl (C=O) groups is 2. The van der Waals surface area contributed by atoms with Crippen LogP contribution in [0.25, 0.3) is 0 Å². The van der Waals surface area contributed by atoms with Gasteiger partial charge in [-0.05, 0) is 62.1 Å². The monoisotopic (exact) mass is 506 g/mol. The van der Waals surface area contributed by atoms with Gasteiger partial charge in [0.25, 0.3) is 5.91 Å². The Kier molecular flexibility index (Phi) is 8.71. The van der Waals surface area contributed by atoms with Gasteiger partial charge in [-0.3, -0.25) is 14.8 Å². The number of benzene rings is 1. The molecule has 10 nitrogen and oxygen atoms in total. The van der Waals surface area contributed by atoms with Gasteiger partial charge >= 0.3 is 0 Å². The van der Waals surface area contributed by atoms with E-state index in [1.807, 2.05) is 19.1 Å². The number of amides is 2. The van der Waals surface area contributed by atoms with Crippen LogP contribution in [0.4, 0.5) is 5.69 Å². The van der Waals surface area contributed by atoms with Crippen LogP contribution in [0.3, 0.4) is 0 Å². The molecule has 1 saturated heterocycles. The van der Waals surface area contributed by atoms with Crippen molar-refractivity contribution in [1.82, 2.24) is 5.48 Å². The van der Waals surface area contributed by atoms with Gasteiger partial charge in [0.2, 0.25) is 5.91 Å². The van der Waals surface area contributed by atoms with Crippen LogP contribution in [0.2, 0.25) is 0 Å². The van der Waals surface area contributed by atoms with Crippen molar-refractivity contribution in [3.63, 3.8) is 0 Å². The maximum absolute atomic E-state index is 13.4. The first kappa shape index (κ1) is 26.5. The van der Waals surface area contributed by atoms with Gasteiger partial charge < -0.3 is 19.5 Å². The normalized spacial score (nSPS) is 17.5. The van der Waals surface area contributed by atoms with E-state index in [2.05, 4.69) is 5.32 Å². The summed E-state index contributed by atoms with van der Waals surface area (Å²) in [4.78, 5) is 23.7. The van der Waals surface area contributed by atoms with Crippen LogP contribution in [0, 0.1) is 6.92 Å². The third kappa shape index (κ3) is 6.30. The van der Waals surface area contributed by atoms with Crippen molar-refractivity contribution >= 4 is 27.3 Å². The number of hydrogen-bond donors (Lipinski definition) is 3. The molecular weight excluding hydrogens is 476 g/mol. The highest BCUT2D eigenvalue weighted by atomic mass is 32.2. The van der Waals surface area contributed by atoms with Crippen molar-refractivity contribution in [1.29, 1.82) is 0 Å². The van der Waals surface area contributed by atoms with Crippen LogP contribution in [-0.2, 0) is 28.9 Å². The molecule has 2 amide bonds. The number of sulfone groups is 1. The Balaban J connectivity index is 1.60. The quantitative estimate of drug-likeness (QED) is 0.264. The van der Waals surface area contributed by atoms with E-state index < -0.39 is 20.5 Å². The molecule has 2 aliphatic rings. The molecule has 1 aliphatic heterocycles. The number of hydrogen-bond acceptors (Lipinski definition) is 8. The van der Waals surface area contributed by atoms with Crippen molar-refractivity contribution in [2.24, 2.45) is 0 Å². The summed E-state index contributed by atoms with van der Waals surface area (Å²) in [6.07, 6.45) is 6.34. The fourth-order valence-electron chi connectivity index (χ4n) is 3.97. The van der Waals surface area contributed by atoms with Crippen molar-refractivity contribution in [3.05, 3.63) is 58.7 Å². The van der Waals surface area contributed by atoms with Gasteiger partial charge in [-0.2, -0.15) is 0 Å². The fraction of sp³-hybridized carbons (Fsp3) is 0.417. The maximum Gasteiger partial charge on any atom is 0.265 e. The third-order valence-electron chi connectivity index (χ3n) is 5.68. The van der Waals surface area contributed by atoms with Gasteiger partial charge in [-0.15, -0.1) is 0 Å². The van der Waals surface area contributed by atoms with Gasteiger partial charge in [-0.25, -0.2) is 13.9 Å². The highest BCUT2D eigenvalue weighted by molar-refractivity contribution is 7.97. The van der Waals surface area contributed by atoms with E-state index in [4.69, 9.17) is 14.2 Å². The fourth-order valence-corrected chi connectivity index (χ4v) is 5.98. The Morgan fingerprint density at radius 2 is 1.80 bits per heavy atom. The second-order valence-electron chi connectivity index (χ2n) is 8.25. The van der Waals surface area contributed by atoms with E-state index in [0.717, 1.165) is 5.56 Å². The first-order valence-corrected chi connectivity index (χ1v) is 12.7. The molecule has 1 aliphatic carbocycles. The largest absolute Gasteiger partial charge is 0.490 e. The minimum atomic E-state index is -4.10. The van der Waals surface area contributed by atoms with E-state index in [1.54, 1.807) is 12.1 Å². The summed E-state index contributed by atoms with van der Waals surface area (Å²) in [6.45, 7) is 3.96. The Labute approximate surface area is 204 Å².